The van der Waals surface area contributed by atoms with Crippen LogP contribution in [0.2, 0.25) is 0 Å². The number of amides is 1. The van der Waals surface area contributed by atoms with Crippen LogP contribution in [0, 0.1) is 0 Å². The van der Waals surface area contributed by atoms with Gasteiger partial charge in [0.25, 0.3) is 5.91 Å². The zero-order chi connectivity index (χ0) is 13.4. The van der Waals surface area contributed by atoms with E-state index in [1.807, 2.05) is 13.0 Å². The third-order valence-corrected chi connectivity index (χ3v) is 5.51. The van der Waals surface area contributed by atoms with Gasteiger partial charge in [-0.3, -0.25) is 4.79 Å². The third kappa shape index (κ3) is 2.41. The number of hydrogen-bond donors (Lipinski definition) is 0. The highest BCUT2D eigenvalue weighted by atomic mass is 32.2. The van der Waals surface area contributed by atoms with Crippen LogP contribution in [0.15, 0.2) is 30.3 Å². The minimum atomic E-state index is -3.01. The predicted octanol–water partition coefficient (Wildman–Crippen LogP) is 1.34. The summed E-state index contributed by atoms with van der Waals surface area (Å²) < 4.78 is 23.1. The molecule has 1 amide bonds. The summed E-state index contributed by atoms with van der Waals surface area (Å²) in [5, 5.41) is 0. The molecular weight excluding hydrogens is 250 g/mol. The average Bonchev–Trinajstić information content (AvgIpc) is 2.64. The van der Waals surface area contributed by atoms with Crippen molar-refractivity contribution in [2.45, 2.75) is 18.9 Å². The van der Waals surface area contributed by atoms with Gasteiger partial charge >= 0.3 is 0 Å². The number of nitrogens with zero attached hydrogens (tertiary/aromatic N) is 1. The van der Waals surface area contributed by atoms with E-state index in [4.69, 9.17) is 0 Å². The maximum Gasteiger partial charge on any atom is 0.254 e. The molecule has 1 saturated heterocycles. The van der Waals surface area contributed by atoms with E-state index in [0.29, 0.717) is 12.0 Å². The van der Waals surface area contributed by atoms with Gasteiger partial charge in [0.05, 0.1) is 17.0 Å². The van der Waals surface area contributed by atoms with Crippen molar-refractivity contribution in [3.63, 3.8) is 0 Å². The van der Waals surface area contributed by atoms with E-state index in [9.17, 15) is 13.2 Å². The number of carbonyl (C=O) groups is 1. The summed E-state index contributed by atoms with van der Waals surface area (Å²) in [7, 11) is -1.33. The van der Waals surface area contributed by atoms with E-state index in [0.717, 1.165) is 0 Å². The van der Waals surface area contributed by atoms with Gasteiger partial charge < -0.3 is 4.90 Å². The Morgan fingerprint density at radius 1 is 1.28 bits per heavy atom. The molecule has 18 heavy (non-hydrogen) atoms. The fourth-order valence-electron chi connectivity index (χ4n) is 2.28. The topological polar surface area (TPSA) is 54.5 Å². The zero-order valence-electron chi connectivity index (χ0n) is 10.6. The van der Waals surface area contributed by atoms with Gasteiger partial charge in [-0.25, -0.2) is 8.42 Å². The van der Waals surface area contributed by atoms with Crippen molar-refractivity contribution in [1.29, 1.82) is 0 Å². The summed E-state index contributed by atoms with van der Waals surface area (Å²) in [5.74, 6) is 0.0838. The second kappa shape index (κ2) is 4.39. The lowest BCUT2D eigenvalue weighted by Gasteiger charge is -2.34. The molecule has 4 nitrogen and oxygen atoms in total. The molecule has 0 radical (unpaired) electrons. The van der Waals surface area contributed by atoms with E-state index >= 15 is 0 Å². The Morgan fingerprint density at radius 3 is 2.39 bits per heavy atom. The van der Waals surface area contributed by atoms with Gasteiger partial charge in [0.15, 0.2) is 9.84 Å². The molecular formula is C13H17NO3S. The van der Waals surface area contributed by atoms with Crippen LogP contribution in [0.3, 0.4) is 0 Å². The fraction of sp³-hybridized carbons (Fsp3) is 0.462. The molecule has 1 aliphatic heterocycles. The molecule has 0 saturated carbocycles. The first-order valence-electron chi connectivity index (χ1n) is 5.88. The first-order chi connectivity index (χ1) is 8.34. The molecule has 1 heterocycles. The van der Waals surface area contributed by atoms with Crippen molar-refractivity contribution in [2.24, 2.45) is 0 Å². The smallest absolute Gasteiger partial charge is 0.254 e. The standard InChI is InChI=1S/C13H17NO3S/c1-13(8-9-18(16,17)10-13)14(2)12(15)11-6-4-3-5-7-11/h3-7H,8-10H2,1-2H3/t13-/m0/s1. The largest absolute Gasteiger partial charge is 0.335 e. The van der Waals surface area contributed by atoms with Gasteiger partial charge in [-0.05, 0) is 25.5 Å². The zero-order valence-corrected chi connectivity index (χ0v) is 11.4. The minimum absolute atomic E-state index is 0.0507. The maximum atomic E-state index is 12.3. The highest BCUT2D eigenvalue weighted by Crippen LogP contribution is 2.29. The molecule has 0 unspecified atom stereocenters. The van der Waals surface area contributed by atoms with Crippen LogP contribution in [-0.2, 0) is 9.84 Å². The number of hydrogen-bond acceptors (Lipinski definition) is 3. The van der Waals surface area contributed by atoms with Crippen LogP contribution < -0.4 is 0 Å². The lowest BCUT2D eigenvalue weighted by atomic mass is 9.99. The lowest BCUT2D eigenvalue weighted by Crippen LogP contribution is -2.48. The minimum Gasteiger partial charge on any atom is -0.335 e. The molecule has 0 aliphatic carbocycles. The van der Waals surface area contributed by atoms with E-state index in [2.05, 4.69) is 0 Å². The van der Waals surface area contributed by atoms with Crippen LogP contribution in [0.5, 0.6) is 0 Å². The fourth-order valence-corrected chi connectivity index (χ4v) is 4.46. The van der Waals surface area contributed by atoms with Crippen LogP contribution in [0.25, 0.3) is 0 Å². The van der Waals surface area contributed by atoms with Crippen LogP contribution in [0.4, 0.5) is 0 Å². The van der Waals surface area contributed by atoms with E-state index in [1.165, 1.54) is 0 Å². The molecule has 0 aromatic heterocycles. The summed E-state index contributed by atoms with van der Waals surface area (Å²) >= 11 is 0. The van der Waals surface area contributed by atoms with E-state index in [1.54, 1.807) is 36.2 Å². The molecule has 1 atom stereocenters. The highest BCUT2D eigenvalue weighted by Gasteiger charge is 2.43. The Labute approximate surface area is 108 Å². The Hall–Kier alpha value is -1.36. The van der Waals surface area contributed by atoms with E-state index < -0.39 is 15.4 Å². The molecule has 1 aromatic carbocycles. The molecule has 1 fully saturated rings. The lowest BCUT2D eigenvalue weighted by molar-refractivity contribution is 0.0638. The quantitative estimate of drug-likeness (QED) is 0.812. The summed E-state index contributed by atoms with van der Waals surface area (Å²) in [5.41, 5.74) is -0.00306. The molecule has 2 rings (SSSR count). The summed E-state index contributed by atoms with van der Waals surface area (Å²) in [6, 6.07) is 8.93. The van der Waals surface area contributed by atoms with E-state index in [-0.39, 0.29) is 17.4 Å². The number of rotatable bonds is 2. The van der Waals surface area contributed by atoms with Gasteiger partial charge in [0.1, 0.15) is 0 Å². The van der Waals surface area contributed by atoms with Crippen molar-refractivity contribution in [1.82, 2.24) is 4.90 Å². The number of sulfone groups is 1. The third-order valence-electron chi connectivity index (χ3n) is 3.62. The van der Waals surface area contributed by atoms with Crippen molar-refractivity contribution in [3.05, 3.63) is 35.9 Å². The Balaban J connectivity index is 2.23. The molecule has 0 N–H and O–H groups in total. The number of benzene rings is 1. The van der Waals surface area contributed by atoms with Gasteiger partial charge in [-0.15, -0.1) is 0 Å². The van der Waals surface area contributed by atoms with Gasteiger partial charge in [0.2, 0.25) is 0 Å². The predicted molar refractivity (Wildman–Crippen MR) is 70.2 cm³/mol. The van der Waals surface area contributed by atoms with Crippen LogP contribution >= 0.6 is 0 Å². The average molecular weight is 267 g/mol. The van der Waals surface area contributed by atoms with Crippen molar-refractivity contribution in [3.8, 4) is 0 Å². The second-order valence-electron chi connectivity index (χ2n) is 5.07. The molecule has 98 valence electrons. The van der Waals surface area contributed by atoms with Crippen LogP contribution in [-0.4, -0.2) is 43.3 Å². The maximum absolute atomic E-state index is 12.3. The van der Waals surface area contributed by atoms with Crippen molar-refractivity contribution in [2.75, 3.05) is 18.6 Å². The summed E-state index contributed by atoms with van der Waals surface area (Å²) in [6.07, 6.45) is 0.504. The van der Waals surface area contributed by atoms with Gasteiger partial charge in [0, 0.05) is 12.6 Å². The second-order valence-corrected chi connectivity index (χ2v) is 7.25. The Kier molecular flexibility index (Phi) is 3.19. The molecule has 0 spiro atoms. The molecule has 1 aliphatic rings. The Bertz CT molecular complexity index is 553. The normalized spacial score (nSPS) is 25.9. The molecule has 1 aromatic rings. The Morgan fingerprint density at radius 2 is 1.89 bits per heavy atom. The van der Waals surface area contributed by atoms with Gasteiger partial charge in [-0.1, -0.05) is 18.2 Å². The highest BCUT2D eigenvalue weighted by molar-refractivity contribution is 7.91. The first-order valence-corrected chi connectivity index (χ1v) is 7.70. The monoisotopic (exact) mass is 267 g/mol. The SMILES string of the molecule is CN(C(=O)c1ccccc1)[C@@]1(C)CCS(=O)(=O)C1. The first kappa shape index (κ1) is 13.1. The summed E-state index contributed by atoms with van der Waals surface area (Å²) in [4.78, 5) is 13.8. The molecule has 0 bridgehead atoms. The van der Waals surface area contributed by atoms with Crippen molar-refractivity contribution < 1.29 is 13.2 Å². The van der Waals surface area contributed by atoms with Crippen LogP contribution in [0.1, 0.15) is 23.7 Å². The van der Waals surface area contributed by atoms with Gasteiger partial charge in [-0.2, -0.15) is 0 Å². The van der Waals surface area contributed by atoms with Crippen molar-refractivity contribution >= 4 is 15.7 Å². The number of carbonyl (C=O) groups excluding carboxylic acids is 1. The molecule has 5 heteroatoms. The summed E-state index contributed by atoms with van der Waals surface area (Å²) in [6.45, 7) is 1.83.